The predicted molar refractivity (Wildman–Crippen MR) is 97.2 cm³/mol. The molecule has 1 atom stereocenters. The Kier molecular flexibility index (Phi) is 5.89. The van der Waals surface area contributed by atoms with Gasteiger partial charge in [-0.15, -0.1) is 0 Å². The van der Waals surface area contributed by atoms with E-state index in [0.717, 1.165) is 11.3 Å². The number of benzene rings is 2. The highest BCUT2D eigenvalue weighted by Gasteiger charge is 2.09. The van der Waals surface area contributed by atoms with Crippen molar-refractivity contribution in [3.8, 4) is 5.75 Å². The fraction of sp³-hybridized carbons (Fsp3) is 0.188. The zero-order chi connectivity index (χ0) is 16.1. The highest BCUT2D eigenvalue weighted by molar-refractivity contribution is 7.80. The molecule has 22 heavy (non-hydrogen) atoms. The van der Waals surface area contributed by atoms with Crippen LogP contribution in [0.25, 0.3) is 0 Å². The smallest absolute Gasteiger partial charge is 0.171 e. The van der Waals surface area contributed by atoms with Gasteiger partial charge in [0.15, 0.2) is 5.11 Å². The third kappa shape index (κ3) is 4.50. The Morgan fingerprint density at radius 1 is 1.18 bits per heavy atom. The molecule has 0 fully saturated rings. The van der Waals surface area contributed by atoms with Gasteiger partial charge in [0, 0.05) is 5.02 Å². The zero-order valence-electron chi connectivity index (χ0n) is 12.2. The number of halogens is 2. The van der Waals surface area contributed by atoms with Crippen molar-refractivity contribution in [1.29, 1.82) is 0 Å². The van der Waals surface area contributed by atoms with Crippen molar-refractivity contribution in [2.45, 2.75) is 13.0 Å². The first-order chi connectivity index (χ1) is 10.5. The molecule has 1 unspecified atom stereocenters. The van der Waals surface area contributed by atoms with Crippen LogP contribution in [0.3, 0.4) is 0 Å². The first-order valence-electron chi connectivity index (χ1n) is 6.66. The molecule has 2 N–H and O–H groups in total. The van der Waals surface area contributed by atoms with Gasteiger partial charge in [0.2, 0.25) is 0 Å². The number of hydrogen-bond acceptors (Lipinski definition) is 2. The molecular weight excluding hydrogens is 339 g/mol. The lowest BCUT2D eigenvalue weighted by Crippen LogP contribution is -2.31. The average molecular weight is 355 g/mol. The molecule has 3 nitrogen and oxygen atoms in total. The summed E-state index contributed by atoms with van der Waals surface area (Å²) in [4.78, 5) is 0. The number of nitrogens with one attached hydrogen (secondary N) is 2. The molecule has 2 aromatic carbocycles. The van der Waals surface area contributed by atoms with Crippen LogP contribution in [-0.4, -0.2) is 12.2 Å². The van der Waals surface area contributed by atoms with E-state index in [2.05, 4.69) is 10.6 Å². The summed E-state index contributed by atoms with van der Waals surface area (Å²) in [5, 5.41) is 7.88. The van der Waals surface area contributed by atoms with Crippen molar-refractivity contribution in [2.75, 3.05) is 12.4 Å². The van der Waals surface area contributed by atoms with E-state index in [1.165, 1.54) is 0 Å². The number of rotatable bonds is 4. The van der Waals surface area contributed by atoms with Crippen LogP contribution in [0.1, 0.15) is 18.5 Å². The highest BCUT2D eigenvalue weighted by Crippen LogP contribution is 2.25. The summed E-state index contributed by atoms with van der Waals surface area (Å²) in [7, 11) is 1.64. The van der Waals surface area contributed by atoms with E-state index >= 15 is 0 Å². The maximum absolute atomic E-state index is 6.11. The lowest BCUT2D eigenvalue weighted by molar-refractivity contribution is 0.413. The molecule has 0 aliphatic heterocycles. The van der Waals surface area contributed by atoms with Crippen molar-refractivity contribution in [2.24, 2.45) is 0 Å². The molecule has 0 saturated heterocycles. The lowest BCUT2D eigenvalue weighted by Gasteiger charge is -2.18. The zero-order valence-corrected chi connectivity index (χ0v) is 14.5. The topological polar surface area (TPSA) is 33.3 Å². The molecule has 2 rings (SSSR count). The summed E-state index contributed by atoms with van der Waals surface area (Å²) in [6, 6.07) is 13.0. The largest absolute Gasteiger partial charge is 0.497 e. The van der Waals surface area contributed by atoms with E-state index in [4.69, 9.17) is 40.2 Å². The number of methoxy groups -OCH3 is 1. The fourth-order valence-corrected chi connectivity index (χ4v) is 2.57. The average Bonchev–Trinajstić information content (AvgIpc) is 2.51. The van der Waals surface area contributed by atoms with Crippen LogP contribution in [0.4, 0.5) is 5.69 Å². The second-order valence-corrected chi connectivity index (χ2v) is 5.97. The Bertz CT molecular complexity index is 679. The minimum absolute atomic E-state index is 0.0214. The van der Waals surface area contributed by atoms with Crippen LogP contribution in [-0.2, 0) is 0 Å². The quantitative estimate of drug-likeness (QED) is 0.752. The monoisotopic (exact) mass is 354 g/mol. The van der Waals surface area contributed by atoms with E-state index < -0.39 is 0 Å². The minimum Gasteiger partial charge on any atom is -0.497 e. The van der Waals surface area contributed by atoms with Crippen LogP contribution in [0.5, 0.6) is 5.75 Å². The third-order valence-electron chi connectivity index (χ3n) is 3.12. The second kappa shape index (κ2) is 7.68. The van der Waals surface area contributed by atoms with E-state index in [1.807, 2.05) is 31.2 Å². The Balaban J connectivity index is 2.03. The number of thiocarbonyl (C=S) groups is 1. The van der Waals surface area contributed by atoms with E-state index in [-0.39, 0.29) is 6.04 Å². The minimum atomic E-state index is 0.0214. The van der Waals surface area contributed by atoms with Gasteiger partial charge in [0.1, 0.15) is 5.75 Å². The van der Waals surface area contributed by atoms with Crippen molar-refractivity contribution in [3.05, 3.63) is 58.1 Å². The Hall–Kier alpha value is -1.49. The van der Waals surface area contributed by atoms with Crippen molar-refractivity contribution >= 4 is 46.2 Å². The first kappa shape index (κ1) is 16.9. The normalized spacial score (nSPS) is 11.6. The molecule has 0 amide bonds. The molecule has 2 aromatic rings. The summed E-state index contributed by atoms with van der Waals surface area (Å²) < 4.78 is 5.23. The first-order valence-corrected chi connectivity index (χ1v) is 7.82. The van der Waals surface area contributed by atoms with E-state index in [0.29, 0.717) is 20.8 Å². The Morgan fingerprint density at radius 3 is 2.68 bits per heavy atom. The molecule has 6 heteroatoms. The summed E-state index contributed by atoms with van der Waals surface area (Å²) in [6.07, 6.45) is 0. The SMILES string of the molecule is COc1cccc(C(C)NC(=S)Nc2cc(Cl)ccc2Cl)c1. The summed E-state index contributed by atoms with van der Waals surface area (Å²) >= 11 is 17.4. The molecule has 0 aromatic heterocycles. The van der Waals surface area contributed by atoms with Crippen molar-refractivity contribution in [3.63, 3.8) is 0 Å². The van der Waals surface area contributed by atoms with Gasteiger partial charge < -0.3 is 15.4 Å². The maximum atomic E-state index is 6.11. The molecule has 0 bridgehead atoms. The van der Waals surface area contributed by atoms with Gasteiger partial charge in [0.25, 0.3) is 0 Å². The van der Waals surface area contributed by atoms with Gasteiger partial charge in [-0.1, -0.05) is 35.3 Å². The van der Waals surface area contributed by atoms with Crippen LogP contribution >= 0.6 is 35.4 Å². The molecular formula is C16H16Cl2N2OS. The van der Waals surface area contributed by atoms with Gasteiger partial charge in [-0.05, 0) is 55.0 Å². The number of anilines is 1. The predicted octanol–water partition coefficient (Wildman–Crippen LogP) is 5.05. The summed E-state index contributed by atoms with van der Waals surface area (Å²) in [5.74, 6) is 0.808. The van der Waals surface area contributed by atoms with E-state index in [1.54, 1.807) is 25.3 Å². The molecule has 0 spiro atoms. The highest BCUT2D eigenvalue weighted by atomic mass is 35.5. The maximum Gasteiger partial charge on any atom is 0.171 e. The van der Waals surface area contributed by atoms with Crippen LogP contribution in [0, 0.1) is 0 Å². The van der Waals surface area contributed by atoms with Gasteiger partial charge in [-0.3, -0.25) is 0 Å². The van der Waals surface area contributed by atoms with Gasteiger partial charge in [-0.25, -0.2) is 0 Å². The molecule has 0 heterocycles. The third-order valence-corrected chi connectivity index (χ3v) is 3.90. The Labute approximate surface area is 145 Å². The molecule has 0 radical (unpaired) electrons. The standard InChI is InChI=1S/C16H16Cl2N2OS/c1-10(11-4-3-5-13(8-11)21-2)19-16(22)20-15-9-12(17)6-7-14(15)18/h3-10H,1-2H3,(H2,19,20,22). The number of ether oxygens (including phenoxy) is 1. The van der Waals surface area contributed by atoms with Crippen LogP contribution in [0.15, 0.2) is 42.5 Å². The fourth-order valence-electron chi connectivity index (χ4n) is 1.94. The van der Waals surface area contributed by atoms with Gasteiger partial charge in [-0.2, -0.15) is 0 Å². The molecule has 0 aliphatic carbocycles. The molecule has 0 saturated carbocycles. The van der Waals surface area contributed by atoms with E-state index in [9.17, 15) is 0 Å². The van der Waals surface area contributed by atoms with Crippen LogP contribution in [0.2, 0.25) is 10.0 Å². The van der Waals surface area contributed by atoms with Crippen molar-refractivity contribution < 1.29 is 4.74 Å². The van der Waals surface area contributed by atoms with Crippen LogP contribution < -0.4 is 15.4 Å². The Morgan fingerprint density at radius 2 is 1.95 bits per heavy atom. The summed E-state index contributed by atoms with van der Waals surface area (Å²) in [6.45, 7) is 2.02. The lowest BCUT2D eigenvalue weighted by atomic mass is 10.1. The van der Waals surface area contributed by atoms with Gasteiger partial charge >= 0.3 is 0 Å². The van der Waals surface area contributed by atoms with Crippen molar-refractivity contribution in [1.82, 2.24) is 5.32 Å². The number of hydrogen-bond donors (Lipinski definition) is 2. The summed E-state index contributed by atoms with van der Waals surface area (Å²) in [5.41, 5.74) is 1.74. The second-order valence-electron chi connectivity index (χ2n) is 4.72. The molecule has 116 valence electrons. The molecule has 0 aliphatic rings. The van der Waals surface area contributed by atoms with Gasteiger partial charge in [0.05, 0.1) is 23.9 Å².